The smallest absolute Gasteiger partial charge is 0.410 e. The maximum atomic E-state index is 12.6. The van der Waals surface area contributed by atoms with Crippen LogP contribution in [0.3, 0.4) is 0 Å². The van der Waals surface area contributed by atoms with Crippen LogP contribution in [0.15, 0.2) is 0 Å². The first-order valence-electron chi connectivity index (χ1n) is 11.5. The fourth-order valence-corrected chi connectivity index (χ4v) is 5.56. The molecule has 4 rings (SSSR count). The van der Waals surface area contributed by atoms with Crippen LogP contribution in [0.2, 0.25) is 0 Å². The number of amides is 2. The molecule has 0 aromatic carbocycles. The molecule has 3 saturated heterocycles. The molecule has 0 spiro atoms. The van der Waals surface area contributed by atoms with Gasteiger partial charge in [0.1, 0.15) is 12.2 Å². The summed E-state index contributed by atoms with van der Waals surface area (Å²) >= 11 is 0. The first-order valence-corrected chi connectivity index (χ1v) is 11.5. The average molecular weight is 408 g/mol. The number of hydrogen-bond acceptors (Lipinski definition) is 5. The van der Waals surface area contributed by atoms with Gasteiger partial charge in [-0.15, -0.1) is 0 Å². The van der Waals surface area contributed by atoms with E-state index in [0.717, 1.165) is 58.3 Å². The van der Waals surface area contributed by atoms with Gasteiger partial charge in [0.25, 0.3) is 0 Å². The van der Waals surface area contributed by atoms with Crippen LogP contribution in [0.5, 0.6) is 0 Å². The molecule has 3 atom stereocenters. The van der Waals surface area contributed by atoms with Crippen LogP contribution in [-0.2, 0) is 14.3 Å². The van der Waals surface area contributed by atoms with Gasteiger partial charge in [-0.25, -0.2) is 4.79 Å². The van der Waals surface area contributed by atoms with Crippen molar-refractivity contribution < 1.29 is 19.1 Å². The third kappa shape index (κ3) is 4.71. The number of carbonyl (C=O) groups excluding carboxylic acids is 2. The van der Waals surface area contributed by atoms with Gasteiger partial charge >= 0.3 is 6.09 Å². The Kier molecular flexibility index (Phi) is 6.07. The van der Waals surface area contributed by atoms with E-state index in [0.29, 0.717) is 12.1 Å². The standard InChI is InChI=1S/C22H37N3O4/c1-22(2,3)29-21(27)24-13-10-17(14-24)23-11-8-16(9-12-23)25-18-6-4-5-7-19(18)28-15-20(25)26/h16-19H,4-15H2,1-3H3/t17-,18-,19-/m0/s1. The summed E-state index contributed by atoms with van der Waals surface area (Å²) in [5, 5.41) is 0. The molecule has 29 heavy (non-hydrogen) atoms. The molecule has 1 aliphatic carbocycles. The van der Waals surface area contributed by atoms with Crippen LogP contribution in [0.25, 0.3) is 0 Å². The third-order valence-corrected chi connectivity index (χ3v) is 6.96. The maximum Gasteiger partial charge on any atom is 0.410 e. The second-order valence-electron chi connectivity index (χ2n) is 10.1. The minimum absolute atomic E-state index is 0.184. The normalized spacial score (nSPS) is 32.4. The third-order valence-electron chi connectivity index (χ3n) is 6.96. The van der Waals surface area contributed by atoms with Gasteiger partial charge in [-0.2, -0.15) is 0 Å². The minimum Gasteiger partial charge on any atom is -0.444 e. The van der Waals surface area contributed by atoms with Gasteiger partial charge < -0.3 is 19.3 Å². The molecular formula is C22H37N3O4. The van der Waals surface area contributed by atoms with E-state index in [-0.39, 0.29) is 30.8 Å². The zero-order valence-corrected chi connectivity index (χ0v) is 18.3. The van der Waals surface area contributed by atoms with Crippen molar-refractivity contribution >= 4 is 12.0 Å². The van der Waals surface area contributed by atoms with Crippen molar-refractivity contribution in [3.05, 3.63) is 0 Å². The predicted octanol–water partition coefficient (Wildman–Crippen LogP) is 2.63. The fourth-order valence-electron chi connectivity index (χ4n) is 5.56. The Hall–Kier alpha value is -1.34. The molecule has 4 aliphatic rings. The topological polar surface area (TPSA) is 62.3 Å². The molecule has 4 fully saturated rings. The Morgan fingerprint density at radius 3 is 2.41 bits per heavy atom. The zero-order chi connectivity index (χ0) is 20.6. The molecule has 0 aromatic heterocycles. The van der Waals surface area contributed by atoms with Gasteiger partial charge in [0.05, 0.1) is 12.1 Å². The first-order chi connectivity index (χ1) is 13.8. The molecule has 3 aliphatic heterocycles. The van der Waals surface area contributed by atoms with Crippen LogP contribution in [0, 0.1) is 0 Å². The highest BCUT2D eigenvalue weighted by atomic mass is 16.6. The number of ether oxygens (including phenoxy) is 2. The Balaban J connectivity index is 1.29. The van der Waals surface area contributed by atoms with E-state index in [4.69, 9.17) is 9.47 Å². The number of piperidine rings is 1. The van der Waals surface area contributed by atoms with Crippen LogP contribution in [0.4, 0.5) is 4.79 Å². The Bertz CT molecular complexity index is 612. The van der Waals surface area contributed by atoms with Gasteiger partial charge in [-0.05, 0) is 52.9 Å². The summed E-state index contributed by atoms with van der Waals surface area (Å²) in [5.41, 5.74) is -0.449. The van der Waals surface area contributed by atoms with Crippen molar-refractivity contribution in [1.82, 2.24) is 14.7 Å². The molecule has 3 heterocycles. The highest BCUT2D eigenvalue weighted by Gasteiger charge is 2.43. The van der Waals surface area contributed by atoms with Crippen molar-refractivity contribution in [3.8, 4) is 0 Å². The molecule has 0 aromatic rings. The number of fused-ring (bicyclic) bond motifs is 1. The summed E-state index contributed by atoms with van der Waals surface area (Å²) in [6.07, 6.45) is 7.71. The highest BCUT2D eigenvalue weighted by molar-refractivity contribution is 5.79. The SMILES string of the molecule is CC(C)(C)OC(=O)N1CC[C@H](N2CCC(N3C(=O)CO[C@H]4CCCC[C@@H]43)CC2)C1. The number of hydrogen-bond donors (Lipinski definition) is 0. The number of nitrogens with zero attached hydrogens (tertiary/aromatic N) is 3. The van der Waals surface area contributed by atoms with Crippen molar-refractivity contribution in [2.45, 2.75) is 95.5 Å². The Morgan fingerprint density at radius 1 is 1.00 bits per heavy atom. The highest BCUT2D eigenvalue weighted by Crippen LogP contribution is 2.33. The molecule has 164 valence electrons. The number of carbonyl (C=O) groups is 2. The van der Waals surface area contributed by atoms with Crippen LogP contribution >= 0.6 is 0 Å². The lowest BCUT2D eigenvalue weighted by Crippen LogP contribution is -2.61. The van der Waals surface area contributed by atoms with E-state index in [9.17, 15) is 9.59 Å². The Morgan fingerprint density at radius 2 is 1.69 bits per heavy atom. The second-order valence-corrected chi connectivity index (χ2v) is 10.1. The quantitative estimate of drug-likeness (QED) is 0.704. The molecule has 0 N–H and O–H groups in total. The molecule has 0 unspecified atom stereocenters. The molecule has 1 saturated carbocycles. The summed E-state index contributed by atoms with van der Waals surface area (Å²) in [5.74, 6) is 0.184. The molecule has 7 nitrogen and oxygen atoms in total. The minimum atomic E-state index is -0.449. The van der Waals surface area contributed by atoms with E-state index in [1.54, 1.807) is 0 Å². The largest absolute Gasteiger partial charge is 0.444 e. The molecule has 0 bridgehead atoms. The van der Waals surface area contributed by atoms with Crippen molar-refractivity contribution in [1.29, 1.82) is 0 Å². The van der Waals surface area contributed by atoms with Gasteiger partial charge in [-0.3, -0.25) is 9.69 Å². The van der Waals surface area contributed by atoms with Crippen LogP contribution in [-0.4, -0.2) is 89.3 Å². The summed E-state index contributed by atoms with van der Waals surface area (Å²) in [7, 11) is 0. The van der Waals surface area contributed by atoms with Gasteiger partial charge in [0.15, 0.2) is 0 Å². The summed E-state index contributed by atoms with van der Waals surface area (Å²) < 4.78 is 11.4. The van der Waals surface area contributed by atoms with Crippen LogP contribution in [0.1, 0.15) is 65.7 Å². The molecular weight excluding hydrogens is 370 g/mol. The molecule has 2 amide bonds. The van der Waals surface area contributed by atoms with E-state index in [1.807, 2.05) is 25.7 Å². The van der Waals surface area contributed by atoms with Crippen molar-refractivity contribution in [2.75, 3.05) is 32.8 Å². The lowest BCUT2D eigenvalue weighted by Gasteiger charge is -2.49. The number of morpholine rings is 1. The fraction of sp³-hybridized carbons (Fsp3) is 0.909. The zero-order valence-electron chi connectivity index (χ0n) is 18.3. The van der Waals surface area contributed by atoms with Crippen molar-refractivity contribution in [2.24, 2.45) is 0 Å². The van der Waals surface area contributed by atoms with Gasteiger partial charge in [0, 0.05) is 38.3 Å². The monoisotopic (exact) mass is 407 g/mol. The van der Waals surface area contributed by atoms with E-state index < -0.39 is 5.60 Å². The summed E-state index contributed by atoms with van der Waals surface area (Å²) in [6, 6.07) is 1.04. The number of rotatable bonds is 2. The van der Waals surface area contributed by atoms with Gasteiger partial charge in [-0.1, -0.05) is 12.8 Å². The average Bonchev–Trinajstić information content (AvgIpc) is 3.17. The summed E-state index contributed by atoms with van der Waals surface area (Å²) in [4.78, 5) is 31.6. The molecule has 7 heteroatoms. The second kappa shape index (κ2) is 8.42. The summed E-state index contributed by atoms with van der Waals surface area (Å²) in [6.45, 7) is 9.51. The van der Waals surface area contributed by atoms with Crippen molar-refractivity contribution in [3.63, 3.8) is 0 Å². The molecule has 0 radical (unpaired) electrons. The van der Waals surface area contributed by atoms with Crippen LogP contribution < -0.4 is 0 Å². The van der Waals surface area contributed by atoms with E-state index in [1.165, 1.54) is 12.8 Å². The Labute approximate surface area is 174 Å². The van der Waals surface area contributed by atoms with Gasteiger partial charge in [0.2, 0.25) is 5.91 Å². The van der Waals surface area contributed by atoms with E-state index in [2.05, 4.69) is 9.80 Å². The predicted molar refractivity (Wildman–Crippen MR) is 110 cm³/mol. The lowest BCUT2D eigenvalue weighted by atomic mass is 9.87. The lowest BCUT2D eigenvalue weighted by molar-refractivity contribution is -0.167. The van der Waals surface area contributed by atoms with E-state index >= 15 is 0 Å². The number of likely N-dealkylation sites (tertiary alicyclic amines) is 2. The first kappa shape index (κ1) is 20.9. The maximum absolute atomic E-state index is 12.6.